The van der Waals surface area contributed by atoms with Crippen LogP contribution in [0.15, 0.2) is 54.6 Å². The summed E-state index contributed by atoms with van der Waals surface area (Å²) < 4.78 is 5.26. The Balaban J connectivity index is 0.00000108. The molecule has 3 heteroatoms. The normalized spacial score (nSPS) is 10.2. The van der Waals surface area contributed by atoms with Crippen LogP contribution in [0.4, 0.5) is 0 Å². The molecule has 0 saturated carbocycles. The summed E-state index contributed by atoms with van der Waals surface area (Å²) in [4.78, 5) is 0. The summed E-state index contributed by atoms with van der Waals surface area (Å²) in [5.41, 5.74) is 2.71. The Morgan fingerprint density at radius 1 is 0.882 bits per heavy atom. The van der Waals surface area contributed by atoms with Crippen LogP contribution in [0.3, 0.4) is 0 Å². The summed E-state index contributed by atoms with van der Waals surface area (Å²) >= 11 is 0.437. The van der Waals surface area contributed by atoms with Gasteiger partial charge in [0.1, 0.15) is 0 Å². The van der Waals surface area contributed by atoms with Crippen molar-refractivity contribution in [1.29, 1.82) is 0 Å². The van der Waals surface area contributed by atoms with Gasteiger partial charge in [-0.1, -0.05) is 0 Å². The van der Waals surface area contributed by atoms with Gasteiger partial charge < -0.3 is 24.0 Å². The minimum absolute atomic E-state index is 0. The standard InChI is InChI=1S/C14H12NSe.HI/c1-15-12-9-5-6-10-13(12)16-14(15)11-7-3-2-4-8-11;/h2-10H,1H3;1H/q+1;/p-1. The molecule has 0 unspecified atom stereocenters. The molecule has 0 aliphatic heterocycles. The van der Waals surface area contributed by atoms with Gasteiger partial charge in [-0.25, -0.2) is 0 Å². The first kappa shape index (κ1) is 12.8. The number of benzene rings is 2. The fraction of sp³-hybridized carbons (Fsp3) is 0.0714. The molecule has 0 amide bonds. The van der Waals surface area contributed by atoms with E-state index in [1.165, 1.54) is 19.9 Å². The van der Waals surface area contributed by atoms with E-state index in [1.54, 1.807) is 0 Å². The van der Waals surface area contributed by atoms with Gasteiger partial charge in [0.05, 0.1) is 0 Å². The molecule has 0 N–H and O–H groups in total. The van der Waals surface area contributed by atoms with Gasteiger partial charge in [0, 0.05) is 0 Å². The molecule has 17 heavy (non-hydrogen) atoms. The Labute approximate surface area is 124 Å². The predicted octanol–water partition coefficient (Wildman–Crippen LogP) is -0.608. The second-order valence-corrected chi connectivity index (χ2v) is 5.96. The van der Waals surface area contributed by atoms with Crippen LogP contribution in [0.25, 0.3) is 19.9 Å². The zero-order valence-electron chi connectivity index (χ0n) is 9.43. The summed E-state index contributed by atoms with van der Waals surface area (Å²) in [7, 11) is 2.16. The fourth-order valence-electron chi connectivity index (χ4n) is 1.94. The summed E-state index contributed by atoms with van der Waals surface area (Å²) in [6.45, 7) is 0. The van der Waals surface area contributed by atoms with E-state index >= 15 is 0 Å². The minimum atomic E-state index is 0. The van der Waals surface area contributed by atoms with Gasteiger partial charge in [-0.15, -0.1) is 0 Å². The minimum Gasteiger partial charge on any atom is -1.00 e. The smallest absolute Gasteiger partial charge is 1.00 e. The van der Waals surface area contributed by atoms with Crippen LogP contribution in [0.2, 0.25) is 0 Å². The Bertz CT molecular complexity index is 631. The number of rotatable bonds is 1. The number of fused-ring (bicyclic) bond motifs is 1. The molecule has 3 rings (SSSR count). The topological polar surface area (TPSA) is 3.88 Å². The van der Waals surface area contributed by atoms with Crippen LogP contribution < -0.4 is 28.5 Å². The number of para-hydroxylation sites is 1. The Hall–Kier alpha value is -0.641. The third-order valence-electron chi connectivity index (χ3n) is 2.76. The monoisotopic (exact) mass is 401 g/mol. The van der Waals surface area contributed by atoms with Crippen molar-refractivity contribution in [2.45, 2.75) is 0 Å². The van der Waals surface area contributed by atoms with Gasteiger partial charge in [-0.2, -0.15) is 0 Å². The van der Waals surface area contributed by atoms with Crippen molar-refractivity contribution in [2.24, 2.45) is 7.05 Å². The molecule has 0 fully saturated rings. The molecule has 0 spiro atoms. The quantitative estimate of drug-likeness (QED) is 0.292. The molecule has 86 valence electrons. The molecule has 1 aromatic heterocycles. The first-order chi connectivity index (χ1) is 7.86. The van der Waals surface area contributed by atoms with Crippen molar-refractivity contribution in [3.63, 3.8) is 0 Å². The maximum atomic E-state index is 2.32. The van der Waals surface area contributed by atoms with E-state index in [4.69, 9.17) is 0 Å². The molecule has 0 radical (unpaired) electrons. The summed E-state index contributed by atoms with van der Waals surface area (Å²) in [5.74, 6) is 0. The molecule has 0 bridgehead atoms. The number of halogens is 1. The van der Waals surface area contributed by atoms with E-state index in [0.29, 0.717) is 14.5 Å². The average Bonchev–Trinajstić information content (AvgIpc) is 2.69. The molecule has 3 aromatic rings. The van der Waals surface area contributed by atoms with Gasteiger partial charge in [-0.3, -0.25) is 0 Å². The molecule has 0 atom stereocenters. The van der Waals surface area contributed by atoms with Crippen molar-refractivity contribution in [2.75, 3.05) is 0 Å². The van der Waals surface area contributed by atoms with E-state index in [-0.39, 0.29) is 24.0 Å². The second-order valence-electron chi connectivity index (χ2n) is 3.80. The van der Waals surface area contributed by atoms with Crippen molar-refractivity contribution in [3.05, 3.63) is 54.6 Å². The van der Waals surface area contributed by atoms with Crippen LogP contribution in [0.1, 0.15) is 0 Å². The number of hydrogen-bond donors (Lipinski definition) is 0. The summed E-state index contributed by atoms with van der Waals surface area (Å²) in [5, 5.41) is 0. The molecule has 1 nitrogen and oxygen atoms in total. The van der Waals surface area contributed by atoms with E-state index in [1.807, 2.05) is 0 Å². The molecule has 0 saturated heterocycles. The van der Waals surface area contributed by atoms with Crippen LogP contribution >= 0.6 is 0 Å². The van der Waals surface area contributed by atoms with Crippen molar-refractivity contribution >= 4 is 24.3 Å². The van der Waals surface area contributed by atoms with E-state index in [9.17, 15) is 0 Å². The number of nitrogens with zero attached hydrogens (tertiary/aromatic N) is 1. The maximum absolute atomic E-state index is 2.32. The predicted molar refractivity (Wildman–Crippen MR) is 67.5 cm³/mol. The van der Waals surface area contributed by atoms with Crippen molar-refractivity contribution in [3.8, 4) is 10.1 Å². The zero-order chi connectivity index (χ0) is 11.0. The third kappa shape index (κ3) is 2.32. The Kier molecular flexibility index (Phi) is 4.02. The van der Waals surface area contributed by atoms with E-state index in [0.717, 1.165) is 0 Å². The van der Waals surface area contributed by atoms with Crippen LogP contribution in [0.5, 0.6) is 0 Å². The Morgan fingerprint density at radius 3 is 2.24 bits per heavy atom. The largest absolute Gasteiger partial charge is 1.00 e. The van der Waals surface area contributed by atoms with Crippen molar-refractivity contribution < 1.29 is 28.5 Å². The molecule has 0 aliphatic rings. The molecular weight excluding hydrogens is 388 g/mol. The zero-order valence-corrected chi connectivity index (χ0v) is 13.3. The molecule has 0 aliphatic carbocycles. The Morgan fingerprint density at radius 2 is 1.53 bits per heavy atom. The number of aryl methyl sites for hydroxylation is 1. The van der Waals surface area contributed by atoms with Gasteiger partial charge in [-0.05, 0) is 0 Å². The number of hydrogen-bond acceptors (Lipinski definition) is 0. The first-order valence-corrected chi connectivity index (χ1v) is 7.00. The summed E-state index contributed by atoms with van der Waals surface area (Å²) in [6.07, 6.45) is 0. The molecule has 1 heterocycles. The average molecular weight is 400 g/mol. The van der Waals surface area contributed by atoms with Gasteiger partial charge in [0.15, 0.2) is 0 Å². The van der Waals surface area contributed by atoms with Gasteiger partial charge in [0.2, 0.25) is 0 Å². The SMILES string of the molecule is C[n+]1c(-c2ccccc2)[se]c2ccccc21.[I-]. The fourth-order valence-corrected chi connectivity index (χ4v) is 4.36. The van der Waals surface area contributed by atoms with Crippen LogP contribution in [0, 0.1) is 0 Å². The molecular formula is C14H12INSe. The van der Waals surface area contributed by atoms with Crippen LogP contribution in [-0.4, -0.2) is 14.5 Å². The van der Waals surface area contributed by atoms with Gasteiger partial charge in [0.25, 0.3) is 0 Å². The van der Waals surface area contributed by atoms with Crippen molar-refractivity contribution in [1.82, 2.24) is 0 Å². The van der Waals surface area contributed by atoms with Crippen LogP contribution in [-0.2, 0) is 7.05 Å². The first-order valence-electron chi connectivity index (χ1n) is 5.29. The van der Waals surface area contributed by atoms with Gasteiger partial charge >= 0.3 is 101 Å². The number of aromatic nitrogens is 1. The molecule has 2 aromatic carbocycles. The third-order valence-corrected chi connectivity index (χ3v) is 5.42. The van der Waals surface area contributed by atoms with E-state index in [2.05, 4.69) is 66.2 Å². The summed E-state index contributed by atoms with van der Waals surface area (Å²) in [6, 6.07) is 19.3. The second kappa shape index (κ2) is 5.34. The van der Waals surface area contributed by atoms with E-state index < -0.39 is 0 Å². The maximum Gasteiger partial charge on any atom is -1.00 e.